The number of aromatic nitrogens is 5. The highest BCUT2D eigenvalue weighted by Crippen LogP contribution is 2.35. The van der Waals surface area contributed by atoms with Gasteiger partial charge in [0.1, 0.15) is 29.6 Å². The second kappa shape index (κ2) is 9.27. The Labute approximate surface area is 196 Å². The van der Waals surface area contributed by atoms with E-state index in [1.165, 1.54) is 16.8 Å². The number of fused-ring (bicyclic) bond motifs is 1. The number of amides is 1. The third-order valence-electron chi connectivity index (χ3n) is 6.41. The zero-order valence-corrected chi connectivity index (χ0v) is 19.7. The number of thiophene rings is 1. The average molecular weight is 462 g/mol. The number of carbonyl (C=O) groups is 1. The molecule has 1 saturated heterocycles. The molecule has 0 bridgehead atoms. The number of nitrogens with one attached hydrogen (secondary N) is 1. The number of piperidine rings is 1. The first-order valence-electron chi connectivity index (χ1n) is 11.2. The Balaban J connectivity index is 1.15. The lowest BCUT2D eigenvalue weighted by Crippen LogP contribution is -2.40. The first-order valence-corrected chi connectivity index (χ1v) is 12.0. The van der Waals surface area contributed by atoms with Crippen LogP contribution in [0.15, 0.2) is 43.2 Å². The molecule has 0 saturated carbocycles. The van der Waals surface area contributed by atoms with Gasteiger partial charge in [-0.25, -0.2) is 19.6 Å². The maximum Gasteiger partial charge on any atom is 0.223 e. The standard InChI is InChI=1S/C24H27N7OS/c1-16-17(2)33-24-21(16)22(27-14-28-24)30-9-7-20(8-10-30)23(32)26-11-18-3-5-19(6-4-18)12-31-15-25-13-29-31/h3-6,13-15,20H,7-12H2,1-2H3,(H,26,32). The third kappa shape index (κ3) is 4.59. The zero-order chi connectivity index (χ0) is 22.8. The van der Waals surface area contributed by atoms with E-state index in [4.69, 9.17) is 0 Å². The minimum Gasteiger partial charge on any atom is -0.356 e. The molecule has 3 aromatic heterocycles. The summed E-state index contributed by atoms with van der Waals surface area (Å²) in [6.45, 7) is 7.16. The van der Waals surface area contributed by atoms with Gasteiger partial charge >= 0.3 is 0 Å². The van der Waals surface area contributed by atoms with Gasteiger partial charge in [-0.05, 0) is 43.4 Å². The number of anilines is 1. The lowest BCUT2D eigenvalue weighted by atomic mass is 9.95. The van der Waals surface area contributed by atoms with Gasteiger partial charge in [0.25, 0.3) is 0 Å². The van der Waals surface area contributed by atoms with E-state index < -0.39 is 0 Å². The number of hydrogen-bond donors (Lipinski definition) is 1. The summed E-state index contributed by atoms with van der Waals surface area (Å²) >= 11 is 1.72. The minimum atomic E-state index is 0.0375. The van der Waals surface area contributed by atoms with Crippen molar-refractivity contribution in [1.82, 2.24) is 30.0 Å². The SMILES string of the molecule is Cc1sc2ncnc(N3CCC(C(=O)NCc4ccc(Cn5cncn5)cc4)CC3)c2c1C. The predicted molar refractivity (Wildman–Crippen MR) is 129 cm³/mol. The van der Waals surface area contributed by atoms with E-state index in [-0.39, 0.29) is 11.8 Å². The summed E-state index contributed by atoms with van der Waals surface area (Å²) in [5, 5.41) is 8.41. The largest absolute Gasteiger partial charge is 0.356 e. The first-order chi connectivity index (χ1) is 16.1. The van der Waals surface area contributed by atoms with Gasteiger partial charge in [0, 0.05) is 30.4 Å². The van der Waals surface area contributed by atoms with Crippen molar-refractivity contribution in [2.75, 3.05) is 18.0 Å². The summed E-state index contributed by atoms with van der Waals surface area (Å²) < 4.78 is 1.79. The zero-order valence-electron chi connectivity index (χ0n) is 18.9. The van der Waals surface area contributed by atoms with Crippen molar-refractivity contribution in [1.29, 1.82) is 0 Å². The highest BCUT2D eigenvalue weighted by Gasteiger charge is 2.27. The molecule has 4 aromatic rings. The summed E-state index contributed by atoms with van der Waals surface area (Å²) in [6.07, 6.45) is 6.55. The number of aryl methyl sites for hydroxylation is 2. The van der Waals surface area contributed by atoms with Gasteiger partial charge in [0.2, 0.25) is 5.91 Å². The van der Waals surface area contributed by atoms with Crippen molar-refractivity contribution < 1.29 is 4.79 Å². The van der Waals surface area contributed by atoms with Crippen LogP contribution in [0.2, 0.25) is 0 Å². The fraction of sp³-hybridized carbons (Fsp3) is 0.375. The van der Waals surface area contributed by atoms with Crippen LogP contribution in [0.3, 0.4) is 0 Å². The molecule has 0 radical (unpaired) electrons. The monoisotopic (exact) mass is 461 g/mol. The Morgan fingerprint density at radius 3 is 2.58 bits per heavy atom. The molecule has 8 nitrogen and oxygen atoms in total. The van der Waals surface area contributed by atoms with Crippen LogP contribution in [-0.2, 0) is 17.9 Å². The molecule has 170 valence electrons. The van der Waals surface area contributed by atoms with Crippen molar-refractivity contribution in [2.24, 2.45) is 5.92 Å². The Hall–Kier alpha value is -3.33. The molecule has 1 amide bonds. The Morgan fingerprint density at radius 1 is 1.09 bits per heavy atom. The topological polar surface area (TPSA) is 88.8 Å². The van der Waals surface area contributed by atoms with E-state index in [1.807, 2.05) is 0 Å². The van der Waals surface area contributed by atoms with Crippen LogP contribution in [0.25, 0.3) is 10.2 Å². The van der Waals surface area contributed by atoms with Crippen LogP contribution in [0.4, 0.5) is 5.82 Å². The van der Waals surface area contributed by atoms with Crippen molar-refractivity contribution in [3.63, 3.8) is 0 Å². The second-order valence-electron chi connectivity index (χ2n) is 8.55. The number of rotatable bonds is 6. The van der Waals surface area contributed by atoms with Gasteiger partial charge in [0.05, 0.1) is 11.9 Å². The summed E-state index contributed by atoms with van der Waals surface area (Å²) in [7, 11) is 0. The van der Waals surface area contributed by atoms with Gasteiger partial charge in [-0.2, -0.15) is 5.10 Å². The van der Waals surface area contributed by atoms with Crippen LogP contribution in [0.5, 0.6) is 0 Å². The van der Waals surface area contributed by atoms with Crippen LogP contribution in [0, 0.1) is 19.8 Å². The molecule has 4 heterocycles. The number of hydrogen-bond acceptors (Lipinski definition) is 7. The normalized spacial score (nSPS) is 14.7. The fourth-order valence-electron chi connectivity index (χ4n) is 4.35. The lowest BCUT2D eigenvalue weighted by Gasteiger charge is -2.32. The van der Waals surface area contributed by atoms with Crippen molar-refractivity contribution in [3.8, 4) is 0 Å². The van der Waals surface area contributed by atoms with Crippen LogP contribution in [-0.4, -0.2) is 43.7 Å². The number of nitrogens with zero attached hydrogens (tertiary/aromatic N) is 6. The molecule has 1 aliphatic heterocycles. The maximum atomic E-state index is 12.8. The lowest BCUT2D eigenvalue weighted by molar-refractivity contribution is -0.125. The van der Waals surface area contributed by atoms with E-state index in [0.717, 1.165) is 53.1 Å². The summed E-state index contributed by atoms with van der Waals surface area (Å²) in [4.78, 5) is 30.4. The van der Waals surface area contributed by atoms with E-state index >= 15 is 0 Å². The van der Waals surface area contributed by atoms with Crippen molar-refractivity contribution >= 4 is 33.3 Å². The highest BCUT2D eigenvalue weighted by molar-refractivity contribution is 7.18. The van der Waals surface area contributed by atoms with Crippen LogP contribution in [0.1, 0.15) is 34.4 Å². The van der Waals surface area contributed by atoms with E-state index in [0.29, 0.717) is 13.1 Å². The Morgan fingerprint density at radius 2 is 1.85 bits per heavy atom. The molecule has 0 aliphatic carbocycles. The smallest absolute Gasteiger partial charge is 0.223 e. The summed E-state index contributed by atoms with van der Waals surface area (Å²) in [5.41, 5.74) is 3.51. The van der Waals surface area contributed by atoms with E-state index in [9.17, 15) is 4.79 Å². The molecule has 1 aromatic carbocycles. The quantitative estimate of drug-likeness (QED) is 0.473. The second-order valence-corrected chi connectivity index (χ2v) is 9.75. The molecule has 1 N–H and O–H groups in total. The average Bonchev–Trinajstić information content (AvgIpc) is 3.46. The minimum absolute atomic E-state index is 0.0375. The van der Waals surface area contributed by atoms with Gasteiger partial charge in [-0.15, -0.1) is 11.3 Å². The molecule has 1 fully saturated rings. The Kier molecular flexibility index (Phi) is 6.04. The first kappa shape index (κ1) is 21.5. The summed E-state index contributed by atoms with van der Waals surface area (Å²) in [5.74, 6) is 1.18. The van der Waals surface area contributed by atoms with Gasteiger partial charge < -0.3 is 10.2 Å². The number of carbonyl (C=O) groups excluding carboxylic acids is 1. The summed E-state index contributed by atoms with van der Waals surface area (Å²) in [6, 6.07) is 8.25. The molecular formula is C24H27N7OS. The van der Waals surface area contributed by atoms with Crippen molar-refractivity contribution in [3.05, 3.63) is 64.8 Å². The van der Waals surface area contributed by atoms with Crippen molar-refractivity contribution in [2.45, 2.75) is 39.8 Å². The fourth-order valence-corrected chi connectivity index (χ4v) is 5.35. The molecular weight excluding hydrogens is 434 g/mol. The maximum absolute atomic E-state index is 12.8. The van der Waals surface area contributed by atoms with Crippen LogP contribution >= 0.6 is 11.3 Å². The molecule has 1 aliphatic rings. The number of benzene rings is 1. The van der Waals surface area contributed by atoms with E-state index in [2.05, 4.69) is 68.4 Å². The highest BCUT2D eigenvalue weighted by atomic mass is 32.1. The predicted octanol–water partition coefficient (Wildman–Crippen LogP) is 3.48. The van der Waals surface area contributed by atoms with E-state index in [1.54, 1.807) is 28.7 Å². The molecule has 0 spiro atoms. The molecule has 33 heavy (non-hydrogen) atoms. The van der Waals surface area contributed by atoms with Gasteiger partial charge in [-0.1, -0.05) is 24.3 Å². The molecule has 0 atom stereocenters. The molecule has 9 heteroatoms. The molecule has 0 unspecified atom stereocenters. The molecule has 5 rings (SSSR count). The van der Waals surface area contributed by atoms with Gasteiger partial charge in [-0.3, -0.25) is 4.79 Å². The Bertz CT molecular complexity index is 1240. The van der Waals surface area contributed by atoms with Gasteiger partial charge in [0.15, 0.2) is 0 Å². The third-order valence-corrected chi connectivity index (χ3v) is 7.53. The van der Waals surface area contributed by atoms with Crippen LogP contribution < -0.4 is 10.2 Å².